The number of unbranched alkanes of at least 4 members (excludes halogenated alkanes) is 4. The Morgan fingerprint density at radius 1 is 0.812 bits per heavy atom. The normalized spacial score (nSPS) is 17.4. The minimum atomic E-state index is 0.939. The van der Waals surface area contributed by atoms with E-state index in [0.717, 1.165) is 6.04 Å². The lowest BCUT2D eigenvalue weighted by atomic mass is 10.1. The highest BCUT2D eigenvalue weighted by atomic mass is 15.1. The Kier molecular flexibility index (Phi) is 7.92. The van der Waals surface area contributed by atoms with Gasteiger partial charge in [-0.1, -0.05) is 52.4 Å². The Bertz CT molecular complexity index is 140. The Hall–Kier alpha value is -0.0400. The van der Waals surface area contributed by atoms with Crippen molar-refractivity contribution in [1.82, 2.24) is 4.90 Å². The molecule has 0 atom stereocenters. The van der Waals surface area contributed by atoms with Crippen molar-refractivity contribution in [2.75, 3.05) is 13.1 Å². The molecule has 0 heterocycles. The van der Waals surface area contributed by atoms with Crippen LogP contribution in [0.15, 0.2) is 0 Å². The third-order valence-corrected chi connectivity index (χ3v) is 3.94. The van der Waals surface area contributed by atoms with E-state index in [1.807, 2.05) is 0 Å². The zero-order chi connectivity index (χ0) is 11.6. The topological polar surface area (TPSA) is 3.24 Å². The summed E-state index contributed by atoms with van der Waals surface area (Å²) in [7, 11) is 0. The number of hydrogen-bond acceptors (Lipinski definition) is 1. The predicted molar refractivity (Wildman–Crippen MR) is 72.9 cm³/mol. The molecule has 1 aliphatic carbocycles. The zero-order valence-corrected chi connectivity index (χ0v) is 11.5. The Labute approximate surface area is 103 Å². The van der Waals surface area contributed by atoms with Gasteiger partial charge in [0, 0.05) is 6.04 Å². The van der Waals surface area contributed by atoms with E-state index in [2.05, 4.69) is 18.7 Å². The summed E-state index contributed by atoms with van der Waals surface area (Å²) in [4.78, 5) is 2.80. The summed E-state index contributed by atoms with van der Waals surface area (Å²) in [6.45, 7) is 7.33. The van der Waals surface area contributed by atoms with Gasteiger partial charge in [-0.15, -0.1) is 0 Å². The molecule has 1 rings (SSSR count). The summed E-state index contributed by atoms with van der Waals surface area (Å²) in [5.41, 5.74) is 0. The van der Waals surface area contributed by atoms with E-state index in [1.165, 1.54) is 77.3 Å². The van der Waals surface area contributed by atoms with Gasteiger partial charge in [-0.05, 0) is 38.8 Å². The second-order valence-electron chi connectivity index (χ2n) is 5.39. The molecule has 0 aromatic rings. The molecule has 0 saturated heterocycles. The molecule has 0 unspecified atom stereocenters. The first-order valence-corrected chi connectivity index (χ1v) is 7.62. The summed E-state index contributed by atoms with van der Waals surface area (Å²) in [6, 6.07) is 0.939. The maximum atomic E-state index is 2.80. The highest BCUT2D eigenvalue weighted by Gasteiger charge is 2.21. The lowest BCUT2D eigenvalue weighted by Gasteiger charge is -2.28. The lowest BCUT2D eigenvalue weighted by molar-refractivity contribution is 0.190. The Morgan fingerprint density at radius 2 is 1.31 bits per heavy atom. The molecular formula is C15H31N. The fourth-order valence-corrected chi connectivity index (χ4v) is 2.88. The van der Waals surface area contributed by atoms with Crippen LogP contribution >= 0.6 is 0 Å². The highest BCUT2D eigenvalue weighted by molar-refractivity contribution is 4.77. The van der Waals surface area contributed by atoms with Crippen LogP contribution in [0.1, 0.15) is 78.1 Å². The van der Waals surface area contributed by atoms with E-state index < -0.39 is 0 Å². The highest BCUT2D eigenvalue weighted by Crippen LogP contribution is 2.24. The molecule has 0 radical (unpaired) electrons. The van der Waals surface area contributed by atoms with Gasteiger partial charge in [-0.3, -0.25) is 0 Å². The van der Waals surface area contributed by atoms with Crippen LogP contribution in [0, 0.1) is 0 Å². The molecule has 16 heavy (non-hydrogen) atoms. The van der Waals surface area contributed by atoms with Crippen LogP contribution < -0.4 is 0 Å². The van der Waals surface area contributed by atoms with E-state index in [1.54, 1.807) is 0 Å². The fraction of sp³-hybridized carbons (Fsp3) is 1.00. The van der Waals surface area contributed by atoms with E-state index in [-0.39, 0.29) is 0 Å². The van der Waals surface area contributed by atoms with Gasteiger partial charge in [0.2, 0.25) is 0 Å². The van der Waals surface area contributed by atoms with E-state index >= 15 is 0 Å². The average Bonchev–Trinajstić information content (AvgIpc) is 2.81. The first kappa shape index (κ1) is 14.0. The van der Waals surface area contributed by atoms with Gasteiger partial charge in [-0.2, -0.15) is 0 Å². The summed E-state index contributed by atoms with van der Waals surface area (Å²) in [5.74, 6) is 0. The summed E-state index contributed by atoms with van der Waals surface area (Å²) in [6.07, 6.45) is 14.3. The smallest absolute Gasteiger partial charge is 0.00952 e. The standard InChI is InChI=1S/C15H31N/c1-3-5-9-13-16(14-10-6-4-2)15-11-7-8-12-15/h15H,3-14H2,1-2H3. The number of rotatable bonds is 9. The molecule has 0 N–H and O–H groups in total. The molecular weight excluding hydrogens is 194 g/mol. The van der Waals surface area contributed by atoms with Crippen LogP contribution in [-0.4, -0.2) is 24.0 Å². The maximum absolute atomic E-state index is 2.80. The van der Waals surface area contributed by atoms with Crippen molar-refractivity contribution >= 4 is 0 Å². The van der Waals surface area contributed by atoms with Crippen molar-refractivity contribution in [3.63, 3.8) is 0 Å². The molecule has 0 spiro atoms. The molecule has 1 aliphatic rings. The molecule has 1 heteroatoms. The van der Waals surface area contributed by atoms with Crippen LogP contribution in [0.2, 0.25) is 0 Å². The van der Waals surface area contributed by atoms with Crippen molar-refractivity contribution in [3.05, 3.63) is 0 Å². The van der Waals surface area contributed by atoms with E-state index in [0.29, 0.717) is 0 Å². The summed E-state index contributed by atoms with van der Waals surface area (Å²) in [5, 5.41) is 0. The molecule has 96 valence electrons. The average molecular weight is 225 g/mol. The van der Waals surface area contributed by atoms with Crippen LogP contribution in [-0.2, 0) is 0 Å². The largest absolute Gasteiger partial charge is 0.300 e. The first-order valence-electron chi connectivity index (χ1n) is 7.62. The van der Waals surface area contributed by atoms with Gasteiger partial charge < -0.3 is 4.90 Å². The van der Waals surface area contributed by atoms with Gasteiger partial charge in [0.15, 0.2) is 0 Å². The maximum Gasteiger partial charge on any atom is 0.00952 e. The van der Waals surface area contributed by atoms with Crippen LogP contribution in [0.25, 0.3) is 0 Å². The predicted octanol–water partition coefficient (Wildman–Crippen LogP) is 4.61. The van der Waals surface area contributed by atoms with Crippen molar-refractivity contribution < 1.29 is 0 Å². The molecule has 1 fully saturated rings. The SMILES string of the molecule is CCCCCN(CCCCC)C1CCCC1. The molecule has 1 saturated carbocycles. The van der Waals surface area contributed by atoms with Crippen molar-refractivity contribution in [3.8, 4) is 0 Å². The third-order valence-electron chi connectivity index (χ3n) is 3.94. The fourth-order valence-electron chi connectivity index (χ4n) is 2.88. The number of nitrogens with zero attached hydrogens (tertiary/aromatic N) is 1. The molecule has 0 aromatic carbocycles. The van der Waals surface area contributed by atoms with Gasteiger partial charge in [0.25, 0.3) is 0 Å². The summed E-state index contributed by atoms with van der Waals surface area (Å²) < 4.78 is 0. The van der Waals surface area contributed by atoms with Crippen molar-refractivity contribution in [2.24, 2.45) is 0 Å². The van der Waals surface area contributed by atoms with E-state index in [4.69, 9.17) is 0 Å². The minimum absolute atomic E-state index is 0.939. The molecule has 0 amide bonds. The zero-order valence-electron chi connectivity index (χ0n) is 11.5. The van der Waals surface area contributed by atoms with Crippen LogP contribution in [0.3, 0.4) is 0 Å². The summed E-state index contributed by atoms with van der Waals surface area (Å²) >= 11 is 0. The van der Waals surface area contributed by atoms with Crippen LogP contribution in [0.5, 0.6) is 0 Å². The van der Waals surface area contributed by atoms with Gasteiger partial charge in [-0.25, -0.2) is 0 Å². The van der Waals surface area contributed by atoms with Crippen LogP contribution in [0.4, 0.5) is 0 Å². The first-order chi connectivity index (χ1) is 7.88. The second kappa shape index (κ2) is 9.04. The van der Waals surface area contributed by atoms with Crippen molar-refractivity contribution in [2.45, 2.75) is 84.1 Å². The second-order valence-corrected chi connectivity index (χ2v) is 5.39. The monoisotopic (exact) mass is 225 g/mol. The van der Waals surface area contributed by atoms with Gasteiger partial charge in [0.05, 0.1) is 0 Å². The molecule has 0 aliphatic heterocycles. The lowest BCUT2D eigenvalue weighted by Crippen LogP contribution is -2.35. The van der Waals surface area contributed by atoms with Gasteiger partial charge in [0.1, 0.15) is 0 Å². The number of hydrogen-bond donors (Lipinski definition) is 0. The minimum Gasteiger partial charge on any atom is -0.300 e. The third kappa shape index (κ3) is 5.34. The quantitative estimate of drug-likeness (QED) is 0.518. The Balaban J connectivity index is 2.22. The Morgan fingerprint density at radius 3 is 1.75 bits per heavy atom. The van der Waals surface area contributed by atoms with E-state index in [9.17, 15) is 0 Å². The van der Waals surface area contributed by atoms with Gasteiger partial charge >= 0.3 is 0 Å². The molecule has 0 bridgehead atoms. The van der Waals surface area contributed by atoms with Crippen molar-refractivity contribution in [1.29, 1.82) is 0 Å². The molecule has 0 aromatic heterocycles. The molecule has 1 nitrogen and oxygen atoms in total.